The molecule has 0 bridgehead atoms. The van der Waals surface area contributed by atoms with Crippen LogP contribution in [0, 0.1) is 5.82 Å². The van der Waals surface area contributed by atoms with Crippen molar-refractivity contribution < 1.29 is 13.9 Å². The molecular weight excluding hydrogens is 355 g/mol. The molecule has 2 aromatic carbocycles. The molecule has 2 N–H and O–H groups in total. The van der Waals surface area contributed by atoms with E-state index in [2.05, 4.69) is 16.7 Å². The Balaban J connectivity index is 0.00000243. The average molecular weight is 377 g/mol. The van der Waals surface area contributed by atoms with Crippen LogP contribution in [-0.4, -0.2) is 25.5 Å². The first-order valence-corrected chi connectivity index (χ1v) is 8.35. The fraction of sp³-hybridized carbons (Fsp3) is 0.250. The van der Waals surface area contributed by atoms with Crippen LogP contribution in [0.1, 0.15) is 22.3 Å². The monoisotopic (exact) mass is 376 g/mol. The van der Waals surface area contributed by atoms with Crippen molar-refractivity contribution in [3.8, 4) is 5.75 Å². The van der Waals surface area contributed by atoms with Crippen molar-refractivity contribution in [1.29, 1.82) is 0 Å². The molecule has 0 saturated carbocycles. The minimum Gasteiger partial charge on any atom is -0.489 e. The van der Waals surface area contributed by atoms with Gasteiger partial charge in [0.2, 0.25) is 0 Å². The van der Waals surface area contributed by atoms with E-state index < -0.39 is 0 Å². The van der Waals surface area contributed by atoms with E-state index in [0.29, 0.717) is 17.9 Å². The number of carbonyl (C=O) groups excluding carboxylic acids is 1. The van der Waals surface area contributed by atoms with E-state index in [1.165, 1.54) is 17.7 Å². The maximum absolute atomic E-state index is 13.2. The first kappa shape index (κ1) is 19.9. The highest BCUT2D eigenvalue weighted by Gasteiger charge is 2.09. The number of rotatable bonds is 6. The van der Waals surface area contributed by atoms with Gasteiger partial charge in [-0.25, -0.2) is 4.39 Å². The molecule has 138 valence electrons. The number of amides is 1. The van der Waals surface area contributed by atoms with E-state index in [0.717, 1.165) is 25.1 Å². The Hall–Kier alpha value is -2.37. The zero-order valence-electron chi connectivity index (χ0n) is 14.3. The topological polar surface area (TPSA) is 50.4 Å². The molecule has 4 nitrogen and oxygen atoms in total. The summed E-state index contributed by atoms with van der Waals surface area (Å²) in [6.45, 7) is 2.67. The highest BCUT2D eigenvalue weighted by Crippen LogP contribution is 2.15. The molecule has 1 amide bonds. The van der Waals surface area contributed by atoms with Crippen molar-refractivity contribution in [3.05, 3.63) is 77.1 Å². The molecule has 1 aliphatic rings. The molecule has 0 saturated heterocycles. The Bertz CT molecular complexity index is 780. The number of carbonyl (C=O) groups is 1. The number of hydrogen-bond acceptors (Lipinski definition) is 3. The Labute approximate surface area is 158 Å². The molecule has 26 heavy (non-hydrogen) atoms. The smallest absolute Gasteiger partial charge is 0.251 e. The minimum absolute atomic E-state index is 0. The van der Waals surface area contributed by atoms with Crippen molar-refractivity contribution in [2.75, 3.05) is 19.6 Å². The lowest BCUT2D eigenvalue weighted by Crippen LogP contribution is -2.29. The van der Waals surface area contributed by atoms with Crippen molar-refractivity contribution in [3.63, 3.8) is 0 Å². The van der Waals surface area contributed by atoms with Gasteiger partial charge in [-0.05, 0) is 42.8 Å². The van der Waals surface area contributed by atoms with Crippen LogP contribution < -0.4 is 15.4 Å². The predicted molar refractivity (Wildman–Crippen MR) is 102 cm³/mol. The maximum atomic E-state index is 13.2. The van der Waals surface area contributed by atoms with Crippen LogP contribution in [0.25, 0.3) is 0 Å². The van der Waals surface area contributed by atoms with Crippen LogP contribution in [-0.2, 0) is 6.61 Å². The van der Waals surface area contributed by atoms with Crippen LogP contribution >= 0.6 is 12.4 Å². The number of hydrogen-bond donors (Lipinski definition) is 2. The summed E-state index contributed by atoms with van der Waals surface area (Å²) in [4.78, 5) is 12.3. The summed E-state index contributed by atoms with van der Waals surface area (Å²) in [5.74, 6) is 0.0255. The van der Waals surface area contributed by atoms with Gasteiger partial charge in [0, 0.05) is 24.7 Å². The third-order valence-electron chi connectivity index (χ3n) is 4.02. The minimum atomic E-state index is -0.335. The zero-order valence-corrected chi connectivity index (χ0v) is 15.2. The number of ether oxygens (including phenoxy) is 1. The third kappa shape index (κ3) is 5.86. The second kappa shape index (κ2) is 9.94. The van der Waals surface area contributed by atoms with Gasteiger partial charge in [0.25, 0.3) is 5.91 Å². The van der Waals surface area contributed by atoms with Crippen molar-refractivity contribution in [1.82, 2.24) is 10.6 Å². The van der Waals surface area contributed by atoms with E-state index in [1.54, 1.807) is 24.3 Å². The molecule has 0 spiro atoms. The van der Waals surface area contributed by atoms with Gasteiger partial charge >= 0.3 is 0 Å². The summed E-state index contributed by atoms with van der Waals surface area (Å²) in [5.41, 5.74) is 2.70. The molecule has 0 unspecified atom stereocenters. The van der Waals surface area contributed by atoms with Crippen molar-refractivity contribution in [2.45, 2.75) is 13.0 Å². The standard InChI is InChI=1S/C20H21FN2O2.ClH/c21-18-5-2-6-19(12-18)25-14-16-3-1-4-17(11-16)20(24)23-13-15-7-9-22-10-8-15;/h1-7,11-12,22H,8-10,13-14H2,(H,23,24);1H. The van der Waals surface area contributed by atoms with Crippen LogP contribution in [0.5, 0.6) is 5.75 Å². The van der Waals surface area contributed by atoms with Gasteiger partial charge < -0.3 is 15.4 Å². The lowest BCUT2D eigenvalue weighted by atomic mass is 10.1. The van der Waals surface area contributed by atoms with Gasteiger partial charge in [0.15, 0.2) is 0 Å². The number of benzene rings is 2. The second-order valence-corrected chi connectivity index (χ2v) is 5.95. The summed E-state index contributed by atoms with van der Waals surface area (Å²) in [5, 5.41) is 6.20. The Morgan fingerprint density at radius 3 is 2.81 bits per heavy atom. The molecule has 2 aromatic rings. The lowest BCUT2D eigenvalue weighted by molar-refractivity contribution is 0.0956. The van der Waals surface area contributed by atoms with Gasteiger partial charge in [-0.15, -0.1) is 12.4 Å². The molecule has 1 aliphatic heterocycles. The van der Waals surface area contributed by atoms with E-state index in [4.69, 9.17) is 4.74 Å². The van der Waals surface area contributed by atoms with Crippen LogP contribution in [0.4, 0.5) is 4.39 Å². The summed E-state index contributed by atoms with van der Waals surface area (Å²) in [6, 6.07) is 13.3. The highest BCUT2D eigenvalue weighted by atomic mass is 35.5. The highest BCUT2D eigenvalue weighted by molar-refractivity contribution is 5.94. The fourth-order valence-corrected chi connectivity index (χ4v) is 2.65. The van der Waals surface area contributed by atoms with Crippen LogP contribution in [0.2, 0.25) is 0 Å². The van der Waals surface area contributed by atoms with E-state index in [1.807, 2.05) is 12.1 Å². The molecule has 0 aromatic heterocycles. The van der Waals surface area contributed by atoms with Gasteiger partial charge in [0.05, 0.1) is 0 Å². The quantitative estimate of drug-likeness (QED) is 0.759. The summed E-state index contributed by atoms with van der Waals surface area (Å²) in [6.07, 6.45) is 3.08. The van der Waals surface area contributed by atoms with Gasteiger partial charge in [-0.1, -0.05) is 29.8 Å². The van der Waals surface area contributed by atoms with E-state index >= 15 is 0 Å². The summed E-state index contributed by atoms with van der Waals surface area (Å²) in [7, 11) is 0. The van der Waals surface area contributed by atoms with Crippen molar-refractivity contribution >= 4 is 18.3 Å². The number of halogens is 2. The SMILES string of the molecule is Cl.O=C(NCC1=CCNCC1)c1cccc(COc2cccc(F)c2)c1. The van der Waals surface area contributed by atoms with E-state index in [9.17, 15) is 9.18 Å². The molecule has 1 heterocycles. The summed E-state index contributed by atoms with van der Waals surface area (Å²) < 4.78 is 18.7. The van der Waals surface area contributed by atoms with Crippen LogP contribution in [0.3, 0.4) is 0 Å². The maximum Gasteiger partial charge on any atom is 0.251 e. The third-order valence-corrected chi connectivity index (χ3v) is 4.02. The molecule has 3 rings (SSSR count). The lowest BCUT2D eigenvalue weighted by Gasteiger charge is -2.14. The predicted octanol–water partition coefficient (Wildman–Crippen LogP) is 3.48. The largest absolute Gasteiger partial charge is 0.489 e. The van der Waals surface area contributed by atoms with Crippen LogP contribution in [0.15, 0.2) is 60.2 Å². The average Bonchev–Trinajstić information content (AvgIpc) is 2.65. The molecule has 0 atom stereocenters. The van der Waals surface area contributed by atoms with Gasteiger partial charge in [0.1, 0.15) is 18.2 Å². The van der Waals surface area contributed by atoms with Gasteiger partial charge in [-0.2, -0.15) is 0 Å². The van der Waals surface area contributed by atoms with E-state index in [-0.39, 0.29) is 30.7 Å². The molecule has 0 radical (unpaired) electrons. The van der Waals surface area contributed by atoms with Gasteiger partial charge in [-0.3, -0.25) is 4.79 Å². The Morgan fingerprint density at radius 1 is 1.19 bits per heavy atom. The molecule has 6 heteroatoms. The normalized spacial score (nSPS) is 13.3. The second-order valence-electron chi connectivity index (χ2n) is 5.95. The summed E-state index contributed by atoms with van der Waals surface area (Å²) >= 11 is 0. The fourth-order valence-electron chi connectivity index (χ4n) is 2.65. The first-order valence-electron chi connectivity index (χ1n) is 8.35. The van der Waals surface area contributed by atoms with Crippen molar-refractivity contribution in [2.24, 2.45) is 0 Å². The first-order chi connectivity index (χ1) is 12.2. The Morgan fingerprint density at radius 2 is 2.04 bits per heavy atom. The molecule has 0 aliphatic carbocycles. The number of nitrogens with one attached hydrogen (secondary N) is 2. The Kier molecular flexibility index (Phi) is 7.63. The molecular formula is C20H22ClFN2O2. The zero-order chi connectivity index (χ0) is 17.5. The molecule has 0 fully saturated rings.